The third-order valence-electron chi connectivity index (χ3n) is 3.33. The van der Waals surface area contributed by atoms with E-state index in [0.717, 1.165) is 0 Å². The molecule has 0 aliphatic heterocycles. The first-order chi connectivity index (χ1) is 8.30. The van der Waals surface area contributed by atoms with Crippen LogP contribution < -0.4 is 11.1 Å². The summed E-state index contributed by atoms with van der Waals surface area (Å²) in [6, 6.07) is -0.0202. The van der Waals surface area contributed by atoms with Crippen LogP contribution in [0.25, 0.3) is 0 Å². The van der Waals surface area contributed by atoms with E-state index < -0.39 is 16.2 Å². The van der Waals surface area contributed by atoms with E-state index in [2.05, 4.69) is 5.32 Å². The Morgan fingerprint density at radius 1 is 1.44 bits per heavy atom. The quantitative estimate of drug-likeness (QED) is 0.663. The molecule has 1 amide bonds. The molecule has 2 atom stereocenters. The number of nitrogens with two attached hydrogens (primary N) is 1. The molecular weight excluding hydrogens is 268 g/mol. The summed E-state index contributed by atoms with van der Waals surface area (Å²) in [7, 11) is -0.836. The van der Waals surface area contributed by atoms with Crippen LogP contribution in [0.15, 0.2) is 0 Å². The molecule has 0 saturated heterocycles. The van der Waals surface area contributed by atoms with Crippen LogP contribution in [0.3, 0.4) is 0 Å². The molecule has 0 radical (unpaired) electrons. The molecule has 0 heterocycles. The van der Waals surface area contributed by atoms with Gasteiger partial charge in [-0.25, -0.2) is 0 Å². The van der Waals surface area contributed by atoms with Crippen LogP contribution in [-0.2, 0) is 15.6 Å². The third-order valence-corrected chi connectivity index (χ3v) is 4.53. The van der Waals surface area contributed by atoms with Gasteiger partial charge in [-0.05, 0) is 26.2 Å². The molecule has 6 heteroatoms. The maximum atomic E-state index is 12.3. The first kappa shape index (κ1) is 17.5. The van der Waals surface area contributed by atoms with Gasteiger partial charge in [-0.1, -0.05) is 26.1 Å². The van der Waals surface area contributed by atoms with Crippen LogP contribution in [0.1, 0.15) is 40.0 Å². The SMILES string of the molecule is CCC(CC)(C(=O)NC(C)CCS(C)=O)C(N)=S. The van der Waals surface area contributed by atoms with E-state index in [0.29, 0.717) is 25.0 Å². The van der Waals surface area contributed by atoms with Crippen molar-refractivity contribution < 1.29 is 9.00 Å². The minimum Gasteiger partial charge on any atom is -0.392 e. The van der Waals surface area contributed by atoms with Crippen molar-refractivity contribution in [1.29, 1.82) is 0 Å². The maximum Gasteiger partial charge on any atom is 0.233 e. The molecule has 3 N–H and O–H groups in total. The first-order valence-electron chi connectivity index (χ1n) is 6.21. The van der Waals surface area contributed by atoms with Crippen molar-refractivity contribution >= 4 is 33.9 Å². The van der Waals surface area contributed by atoms with Gasteiger partial charge in [-0.3, -0.25) is 9.00 Å². The lowest BCUT2D eigenvalue weighted by atomic mass is 9.81. The summed E-state index contributed by atoms with van der Waals surface area (Å²) in [6.07, 6.45) is 3.54. The Labute approximate surface area is 118 Å². The van der Waals surface area contributed by atoms with Crippen LogP contribution in [0.4, 0.5) is 0 Å². The van der Waals surface area contributed by atoms with Crippen LogP contribution in [0, 0.1) is 5.41 Å². The molecule has 0 saturated carbocycles. The lowest BCUT2D eigenvalue weighted by molar-refractivity contribution is -0.128. The highest BCUT2D eigenvalue weighted by molar-refractivity contribution is 7.84. The highest BCUT2D eigenvalue weighted by Gasteiger charge is 2.38. The largest absolute Gasteiger partial charge is 0.392 e. The number of carbonyl (C=O) groups excluding carboxylic acids is 1. The Morgan fingerprint density at radius 3 is 2.28 bits per heavy atom. The van der Waals surface area contributed by atoms with Crippen molar-refractivity contribution in [2.24, 2.45) is 11.1 Å². The fourth-order valence-corrected chi connectivity index (χ4v) is 2.88. The molecule has 18 heavy (non-hydrogen) atoms. The molecule has 0 aromatic carbocycles. The zero-order valence-electron chi connectivity index (χ0n) is 11.6. The van der Waals surface area contributed by atoms with Gasteiger partial charge in [0.05, 0.1) is 10.4 Å². The molecule has 4 nitrogen and oxygen atoms in total. The van der Waals surface area contributed by atoms with Crippen molar-refractivity contribution in [2.75, 3.05) is 12.0 Å². The number of rotatable bonds is 8. The second-order valence-corrected chi connectivity index (χ2v) is 6.59. The molecule has 0 aromatic rings. The number of nitrogens with one attached hydrogen (secondary N) is 1. The van der Waals surface area contributed by atoms with E-state index in [-0.39, 0.29) is 16.9 Å². The van der Waals surface area contributed by atoms with Crippen LogP contribution in [0.2, 0.25) is 0 Å². The van der Waals surface area contributed by atoms with Crippen molar-refractivity contribution in [3.05, 3.63) is 0 Å². The number of carbonyl (C=O) groups is 1. The molecule has 0 fully saturated rings. The number of amides is 1. The highest BCUT2D eigenvalue weighted by Crippen LogP contribution is 2.27. The Hall–Kier alpha value is -0.490. The third kappa shape index (κ3) is 4.65. The van der Waals surface area contributed by atoms with Gasteiger partial charge in [0.25, 0.3) is 0 Å². The maximum absolute atomic E-state index is 12.3. The van der Waals surface area contributed by atoms with Crippen LogP contribution in [0.5, 0.6) is 0 Å². The predicted octanol–water partition coefficient (Wildman–Crippen LogP) is 1.35. The minimum absolute atomic E-state index is 0.0202. The molecule has 0 spiro atoms. The smallest absolute Gasteiger partial charge is 0.233 e. The number of hydrogen-bond acceptors (Lipinski definition) is 3. The van der Waals surface area contributed by atoms with Crippen molar-refractivity contribution in [3.8, 4) is 0 Å². The molecule has 106 valence electrons. The average molecular weight is 292 g/mol. The Kier molecular flexibility index (Phi) is 7.62. The molecule has 0 bridgehead atoms. The van der Waals surface area contributed by atoms with Gasteiger partial charge in [0.15, 0.2) is 0 Å². The summed E-state index contributed by atoms with van der Waals surface area (Å²) in [5.74, 6) is 0.467. The van der Waals surface area contributed by atoms with Gasteiger partial charge in [-0.15, -0.1) is 0 Å². The normalized spacial score (nSPS) is 14.9. The summed E-state index contributed by atoms with van der Waals surface area (Å²) in [5, 5.41) is 2.92. The van der Waals surface area contributed by atoms with E-state index in [1.54, 1.807) is 6.26 Å². The molecule has 0 aliphatic carbocycles. The van der Waals surface area contributed by atoms with Crippen LogP contribution in [-0.4, -0.2) is 33.2 Å². The minimum atomic E-state index is -0.836. The van der Waals surface area contributed by atoms with E-state index in [9.17, 15) is 9.00 Å². The van der Waals surface area contributed by atoms with Gasteiger partial charge in [0.1, 0.15) is 0 Å². The second kappa shape index (κ2) is 7.84. The summed E-state index contributed by atoms with van der Waals surface area (Å²) in [6.45, 7) is 5.72. The first-order valence-corrected chi connectivity index (χ1v) is 8.34. The fourth-order valence-electron chi connectivity index (χ4n) is 1.81. The molecule has 2 unspecified atom stereocenters. The van der Waals surface area contributed by atoms with E-state index >= 15 is 0 Å². The Balaban J connectivity index is 4.62. The zero-order chi connectivity index (χ0) is 14.3. The average Bonchev–Trinajstić information content (AvgIpc) is 2.28. The Morgan fingerprint density at radius 2 is 1.94 bits per heavy atom. The zero-order valence-corrected chi connectivity index (χ0v) is 13.2. The van der Waals surface area contributed by atoms with Crippen molar-refractivity contribution in [3.63, 3.8) is 0 Å². The monoisotopic (exact) mass is 292 g/mol. The second-order valence-electron chi connectivity index (χ2n) is 4.59. The number of thiocarbonyl (C=S) groups is 1. The number of hydrogen-bond donors (Lipinski definition) is 2. The lowest BCUT2D eigenvalue weighted by Crippen LogP contribution is -2.50. The lowest BCUT2D eigenvalue weighted by Gasteiger charge is -2.30. The molecule has 0 aromatic heterocycles. The van der Waals surface area contributed by atoms with E-state index in [1.165, 1.54) is 0 Å². The molecular formula is C12H24N2O2S2. The van der Waals surface area contributed by atoms with E-state index in [4.69, 9.17) is 18.0 Å². The van der Waals surface area contributed by atoms with Gasteiger partial charge < -0.3 is 11.1 Å². The topological polar surface area (TPSA) is 72.2 Å². The Bertz CT molecular complexity index is 328. The van der Waals surface area contributed by atoms with Gasteiger partial charge in [0, 0.05) is 28.9 Å². The summed E-state index contributed by atoms with van der Waals surface area (Å²) in [5.41, 5.74) is 4.96. The highest BCUT2D eigenvalue weighted by atomic mass is 32.2. The van der Waals surface area contributed by atoms with Crippen LogP contribution >= 0.6 is 12.2 Å². The molecule has 0 rings (SSSR count). The standard InChI is InChI=1S/C12H24N2O2S2/c1-5-12(6-2,10(13)17)11(15)14-9(3)7-8-18(4)16/h9H,5-8H2,1-4H3,(H2,13,17)(H,14,15). The van der Waals surface area contributed by atoms with E-state index in [1.807, 2.05) is 20.8 Å². The summed E-state index contributed by atoms with van der Waals surface area (Å²) in [4.78, 5) is 12.5. The fraction of sp³-hybridized carbons (Fsp3) is 0.833. The summed E-state index contributed by atoms with van der Waals surface area (Å²) >= 11 is 5.03. The van der Waals surface area contributed by atoms with Gasteiger partial charge in [-0.2, -0.15) is 0 Å². The van der Waals surface area contributed by atoms with Crippen molar-refractivity contribution in [1.82, 2.24) is 5.32 Å². The molecule has 0 aliphatic rings. The van der Waals surface area contributed by atoms with Crippen molar-refractivity contribution in [2.45, 2.75) is 46.1 Å². The summed E-state index contributed by atoms with van der Waals surface area (Å²) < 4.78 is 11.0. The van der Waals surface area contributed by atoms with Gasteiger partial charge >= 0.3 is 0 Å². The van der Waals surface area contributed by atoms with Gasteiger partial charge in [0.2, 0.25) is 5.91 Å². The predicted molar refractivity (Wildman–Crippen MR) is 81.0 cm³/mol.